The topological polar surface area (TPSA) is 115 Å². The van der Waals surface area contributed by atoms with Gasteiger partial charge in [-0.15, -0.1) is 0 Å². The Hall–Kier alpha value is -4.52. The highest BCUT2D eigenvalue weighted by molar-refractivity contribution is 5.93. The number of aliphatic hydroxyl groups is 1. The van der Waals surface area contributed by atoms with E-state index in [4.69, 9.17) is 9.47 Å². The first kappa shape index (κ1) is 27.6. The van der Waals surface area contributed by atoms with E-state index in [9.17, 15) is 32.3 Å². The number of pyridine rings is 2. The van der Waals surface area contributed by atoms with Crippen LogP contribution in [0.25, 0.3) is 16.9 Å². The molecular weight excluding hydrogens is 560 g/mol. The summed E-state index contributed by atoms with van der Waals surface area (Å²) in [6, 6.07) is 8.65. The van der Waals surface area contributed by atoms with Crippen LogP contribution in [0, 0.1) is 5.82 Å². The van der Waals surface area contributed by atoms with Gasteiger partial charge in [0.1, 0.15) is 35.8 Å². The minimum atomic E-state index is -5.31. The van der Waals surface area contributed by atoms with E-state index in [1.165, 1.54) is 48.0 Å². The van der Waals surface area contributed by atoms with E-state index in [1.54, 1.807) is 0 Å². The maximum Gasteiger partial charge on any atom is 0.424 e. The molecule has 1 fully saturated rings. The van der Waals surface area contributed by atoms with Gasteiger partial charge < -0.3 is 24.7 Å². The maximum atomic E-state index is 14.6. The number of nitrogens with one attached hydrogen (secondary N) is 1. The number of carbonyl (C=O) groups excluding carboxylic acids is 2. The van der Waals surface area contributed by atoms with Crippen molar-refractivity contribution in [1.82, 2.24) is 19.7 Å². The molecule has 0 bridgehead atoms. The molecule has 3 aromatic heterocycles. The Morgan fingerprint density at radius 1 is 1.24 bits per heavy atom. The summed E-state index contributed by atoms with van der Waals surface area (Å²) >= 11 is 0. The van der Waals surface area contributed by atoms with E-state index in [2.05, 4.69) is 15.3 Å². The molecule has 1 amide bonds. The Bertz CT molecular complexity index is 1700. The number of imidazole rings is 1. The highest BCUT2D eigenvalue weighted by atomic mass is 19.4. The lowest BCUT2D eigenvalue weighted by atomic mass is 9.83. The molecule has 9 nitrogen and oxygen atoms in total. The van der Waals surface area contributed by atoms with Crippen molar-refractivity contribution in [3.05, 3.63) is 77.6 Å². The summed E-state index contributed by atoms with van der Waals surface area (Å²) in [5.41, 5.74) is -5.45. The summed E-state index contributed by atoms with van der Waals surface area (Å²) in [4.78, 5) is 33.4. The molecular formula is C29H24F4N4O5. The van der Waals surface area contributed by atoms with Crippen LogP contribution in [-0.2, 0) is 15.8 Å². The Morgan fingerprint density at radius 3 is 2.64 bits per heavy atom. The third-order valence-corrected chi connectivity index (χ3v) is 7.44. The van der Waals surface area contributed by atoms with Gasteiger partial charge in [0.2, 0.25) is 5.60 Å². The van der Waals surface area contributed by atoms with Crippen LogP contribution in [0.3, 0.4) is 0 Å². The monoisotopic (exact) mass is 584 g/mol. The number of ether oxygens (including phenoxy) is 2. The normalized spacial score (nSPS) is 19.6. The van der Waals surface area contributed by atoms with Crippen molar-refractivity contribution >= 4 is 17.8 Å². The van der Waals surface area contributed by atoms with Crippen molar-refractivity contribution in [2.45, 2.75) is 43.1 Å². The van der Waals surface area contributed by atoms with Crippen LogP contribution in [0.2, 0.25) is 0 Å². The molecule has 6 rings (SSSR count). The second kappa shape index (κ2) is 9.79. The molecule has 4 aromatic rings. The zero-order chi connectivity index (χ0) is 29.9. The molecule has 218 valence electrons. The molecule has 2 atom stereocenters. The number of hydrogen-bond acceptors (Lipinski definition) is 7. The van der Waals surface area contributed by atoms with Crippen LogP contribution in [0.1, 0.15) is 41.5 Å². The average molecular weight is 585 g/mol. The van der Waals surface area contributed by atoms with Gasteiger partial charge in [-0.25, -0.2) is 14.4 Å². The van der Waals surface area contributed by atoms with Gasteiger partial charge in [0.15, 0.2) is 11.4 Å². The van der Waals surface area contributed by atoms with E-state index >= 15 is 0 Å². The van der Waals surface area contributed by atoms with Gasteiger partial charge in [0.25, 0.3) is 5.91 Å². The summed E-state index contributed by atoms with van der Waals surface area (Å²) in [5, 5.41) is 13.4. The maximum absolute atomic E-state index is 14.6. The number of fused-ring (bicyclic) bond motifs is 2. The zero-order valence-electron chi connectivity index (χ0n) is 22.1. The average Bonchev–Trinajstić information content (AvgIpc) is 3.52. The molecule has 2 aliphatic rings. The number of aldehydes is 1. The molecule has 1 unspecified atom stereocenters. The fourth-order valence-corrected chi connectivity index (χ4v) is 4.78. The third-order valence-electron chi connectivity index (χ3n) is 7.44. The van der Waals surface area contributed by atoms with Gasteiger partial charge in [0.05, 0.1) is 23.8 Å². The number of carbonyl (C=O) groups is 2. The third kappa shape index (κ3) is 4.63. The molecule has 2 N–H and O–H groups in total. The molecule has 1 aliphatic carbocycles. The lowest BCUT2D eigenvalue weighted by Gasteiger charge is -2.31. The first-order valence-electron chi connectivity index (χ1n) is 13.0. The smallest absolute Gasteiger partial charge is 0.424 e. The van der Waals surface area contributed by atoms with Gasteiger partial charge in [0, 0.05) is 23.5 Å². The van der Waals surface area contributed by atoms with E-state index < -0.39 is 41.2 Å². The number of aromatic nitrogens is 3. The molecule has 0 spiro atoms. The zero-order valence-corrected chi connectivity index (χ0v) is 22.1. The second-order valence-electron chi connectivity index (χ2n) is 10.6. The van der Waals surface area contributed by atoms with E-state index in [0.29, 0.717) is 17.7 Å². The van der Waals surface area contributed by atoms with Gasteiger partial charge in [-0.05, 0) is 62.2 Å². The van der Waals surface area contributed by atoms with Crippen LogP contribution < -0.4 is 14.8 Å². The van der Waals surface area contributed by atoms with E-state index in [-0.39, 0.29) is 41.0 Å². The first-order chi connectivity index (χ1) is 19.9. The fourth-order valence-electron chi connectivity index (χ4n) is 4.78. The quantitative estimate of drug-likeness (QED) is 0.237. The summed E-state index contributed by atoms with van der Waals surface area (Å²) in [5.74, 6) is -1.02. The largest absolute Gasteiger partial charge is 0.490 e. The van der Waals surface area contributed by atoms with Crippen LogP contribution in [0.5, 0.6) is 11.5 Å². The molecule has 4 heterocycles. The van der Waals surface area contributed by atoms with Crippen molar-refractivity contribution in [2.24, 2.45) is 0 Å². The minimum Gasteiger partial charge on any atom is -0.490 e. The predicted octanol–water partition coefficient (Wildman–Crippen LogP) is 4.11. The Labute approximate surface area is 236 Å². The summed E-state index contributed by atoms with van der Waals surface area (Å²) in [6.07, 6.45) is -0.0417. The highest BCUT2D eigenvalue weighted by Gasteiger charge is 2.57. The summed E-state index contributed by atoms with van der Waals surface area (Å²) < 4.78 is 70.3. The minimum absolute atomic E-state index is 0.0361. The van der Waals surface area contributed by atoms with E-state index in [1.807, 2.05) is 0 Å². The number of alkyl halides is 3. The molecule has 0 saturated heterocycles. The number of benzene rings is 1. The summed E-state index contributed by atoms with van der Waals surface area (Å²) in [7, 11) is 0. The van der Waals surface area contributed by atoms with Crippen LogP contribution >= 0.6 is 0 Å². The Balaban J connectivity index is 1.38. The Morgan fingerprint density at radius 2 is 1.98 bits per heavy atom. The van der Waals surface area contributed by atoms with Gasteiger partial charge >= 0.3 is 6.18 Å². The van der Waals surface area contributed by atoms with Crippen molar-refractivity contribution < 1.29 is 41.7 Å². The van der Waals surface area contributed by atoms with Gasteiger partial charge in [-0.3, -0.25) is 9.20 Å². The number of nitrogens with zero attached hydrogens (tertiary/aromatic N) is 3. The highest BCUT2D eigenvalue weighted by Crippen LogP contribution is 2.47. The Kier molecular flexibility index (Phi) is 6.44. The molecule has 1 aliphatic heterocycles. The SMILES string of the molecule is C[C@]1(C=O)COc2c1cc(C(O)(CNC(=O)c1ccc(OC3CC3)c3nccn13)C(F)(F)F)nc2-c1ccc(F)cc1. The van der Waals surface area contributed by atoms with Crippen molar-refractivity contribution in [2.75, 3.05) is 13.2 Å². The molecule has 42 heavy (non-hydrogen) atoms. The molecule has 1 aromatic carbocycles. The van der Waals surface area contributed by atoms with Crippen molar-refractivity contribution in [3.63, 3.8) is 0 Å². The van der Waals surface area contributed by atoms with Crippen molar-refractivity contribution in [1.29, 1.82) is 0 Å². The van der Waals surface area contributed by atoms with Crippen LogP contribution in [-0.4, -0.2) is 57.1 Å². The molecule has 1 saturated carbocycles. The van der Waals surface area contributed by atoms with E-state index in [0.717, 1.165) is 31.0 Å². The van der Waals surface area contributed by atoms with Gasteiger partial charge in [-0.2, -0.15) is 13.2 Å². The first-order valence-corrected chi connectivity index (χ1v) is 13.0. The fraction of sp³-hybridized carbons (Fsp3) is 0.310. The lowest BCUT2D eigenvalue weighted by molar-refractivity contribution is -0.265. The predicted molar refractivity (Wildman–Crippen MR) is 140 cm³/mol. The van der Waals surface area contributed by atoms with Crippen LogP contribution in [0.15, 0.2) is 54.9 Å². The standard InChI is InChI=1S/C29H24F4N4O5/c1-27(14-38)15-41-24-19(27)12-22(36-23(24)16-2-4-17(30)5-3-16)28(40,29(31,32)33)13-35-26(39)20-8-9-21(42-18-6-7-18)25-34-10-11-37(20)25/h2-5,8-12,14,18,40H,6-7,13,15H2,1H3,(H,35,39)/t27-,28?/m0/s1. The number of halogens is 4. The number of hydrogen-bond donors (Lipinski definition) is 2. The second-order valence-corrected chi connectivity index (χ2v) is 10.6. The molecule has 13 heteroatoms. The number of amides is 1. The number of rotatable bonds is 8. The molecule has 0 radical (unpaired) electrons. The van der Waals surface area contributed by atoms with Gasteiger partial charge in [-0.1, -0.05) is 0 Å². The lowest BCUT2D eigenvalue weighted by Crippen LogP contribution is -2.51. The van der Waals surface area contributed by atoms with Crippen LogP contribution in [0.4, 0.5) is 17.6 Å². The summed E-state index contributed by atoms with van der Waals surface area (Å²) in [6.45, 7) is -0.00168. The van der Waals surface area contributed by atoms with Crippen molar-refractivity contribution in [3.8, 4) is 22.8 Å².